The van der Waals surface area contributed by atoms with Gasteiger partial charge in [0.15, 0.2) is 0 Å². The van der Waals surface area contributed by atoms with Crippen LogP contribution in [0.4, 0.5) is 0 Å². The smallest absolute Gasteiger partial charge is 0.0827 e. The van der Waals surface area contributed by atoms with E-state index in [1.165, 1.54) is 6.42 Å². The zero-order valence-corrected chi connectivity index (χ0v) is 6.48. The molecular formula is C8H15NO. The van der Waals surface area contributed by atoms with E-state index >= 15 is 0 Å². The lowest BCUT2D eigenvalue weighted by Gasteiger charge is -2.30. The van der Waals surface area contributed by atoms with Crippen molar-refractivity contribution in [1.29, 1.82) is 0 Å². The summed E-state index contributed by atoms with van der Waals surface area (Å²) >= 11 is 0. The van der Waals surface area contributed by atoms with Gasteiger partial charge in [0, 0.05) is 5.54 Å². The Morgan fingerprint density at radius 1 is 1.30 bits per heavy atom. The fraction of sp³-hybridized carbons (Fsp3) is 1.00. The molecule has 2 heteroatoms. The Morgan fingerprint density at radius 3 is 2.40 bits per heavy atom. The minimum Gasteiger partial charge on any atom is -0.388 e. The maximum atomic E-state index is 9.83. The monoisotopic (exact) mass is 141 g/mol. The molecular weight excluding hydrogens is 126 g/mol. The van der Waals surface area contributed by atoms with Gasteiger partial charge in [-0.25, -0.2) is 0 Å². The van der Waals surface area contributed by atoms with Crippen molar-refractivity contribution in [2.45, 2.75) is 43.7 Å². The summed E-state index contributed by atoms with van der Waals surface area (Å²) in [6, 6.07) is 0. The highest BCUT2D eigenvalue weighted by Gasteiger charge is 2.56. The summed E-state index contributed by atoms with van der Waals surface area (Å²) in [4.78, 5) is 0. The molecule has 0 aromatic heterocycles. The van der Waals surface area contributed by atoms with Crippen LogP contribution in [0.2, 0.25) is 0 Å². The summed E-state index contributed by atoms with van der Waals surface area (Å²) in [5.41, 5.74) is -0.295. The van der Waals surface area contributed by atoms with Crippen molar-refractivity contribution in [2.24, 2.45) is 0 Å². The molecule has 2 aliphatic rings. The summed E-state index contributed by atoms with van der Waals surface area (Å²) < 4.78 is 0. The topological polar surface area (TPSA) is 32.3 Å². The van der Waals surface area contributed by atoms with Crippen molar-refractivity contribution >= 4 is 0 Å². The Kier molecular flexibility index (Phi) is 1.15. The van der Waals surface area contributed by atoms with Crippen LogP contribution in [-0.2, 0) is 0 Å². The SMILES string of the molecule is C[C@]1(C2(O)CC2)CCCN1. The van der Waals surface area contributed by atoms with Gasteiger partial charge in [0.2, 0.25) is 0 Å². The Labute approximate surface area is 61.6 Å². The zero-order chi connectivity index (χ0) is 7.24. The van der Waals surface area contributed by atoms with Crippen molar-refractivity contribution in [3.63, 3.8) is 0 Å². The predicted molar refractivity (Wildman–Crippen MR) is 39.8 cm³/mol. The second-order valence-electron chi connectivity index (χ2n) is 3.89. The number of hydrogen-bond donors (Lipinski definition) is 2. The molecule has 0 unspecified atom stereocenters. The molecule has 1 aliphatic carbocycles. The third-order valence-corrected chi connectivity index (χ3v) is 3.12. The summed E-state index contributed by atoms with van der Waals surface area (Å²) in [7, 11) is 0. The van der Waals surface area contributed by atoms with Crippen LogP contribution >= 0.6 is 0 Å². The van der Waals surface area contributed by atoms with Crippen LogP contribution in [0, 0.1) is 0 Å². The average molecular weight is 141 g/mol. The van der Waals surface area contributed by atoms with Gasteiger partial charge in [0.25, 0.3) is 0 Å². The van der Waals surface area contributed by atoms with Crippen LogP contribution in [0.1, 0.15) is 32.6 Å². The lowest BCUT2D eigenvalue weighted by atomic mass is 9.91. The maximum Gasteiger partial charge on any atom is 0.0827 e. The summed E-state index contributed by atoms with van der Waals surface area (Å²) in [6.45, 7) is 3.23. The van der Waals surface area contributed by atoms with E-state index in [1.807, 2.05) is 0 Å². The minimum absolute atomic E-state index is 0.0486. The summed E-state index contributed by atoms with van der Waals surface area (Å²) in [5.74, 6) is 0. The number of hydrogen-bond acceptors (Lipinski definition) is 2. The normalized spacial score (nSPS) is 43.8. The Balaban J connectivity index is 2.13. The molecule has 1 saturated carbocycles. The van der Waals surface area contributed by atoms with E-state index in [-0.39, 0.29) is 11.1 Å². The molecule has 1 heterocycles. The second kappa shape index (κ2) is 1.74. The van der Waals surface area contributed by atoms with Crippen molar-refractivity contribution in [1.82, 2.24) is 5.32 Å². The van der Waals surface area contributed by atoms with Crippen molar-refractivity contribution in [3.05, 3.63) is 0 Å². The second-order valence-corrected chi connectivity index (χ2v) is 3.89. The van der Waals surface area contributed by atoms with Crippen LogP contribution < -0.4 is 5.32 Å². The first-order chi connectivity index (χ1) is 4.66. The molecule has 1 atom stereocenters. The first-order valence-corrected chi connectivity index (χ1v) is 4.14. The minimum atomic E-state index is -0.344. The van der Waals surface area contributed by atoms with Gasteiger partial charge >= 0.3 is 0 Å². The van der Waals surface area contributed by atoms with E-state index in [1.54, 1.807) is 0 Å². The number of aliphatic hydroxyl groups is 1. The van der Waals surface area contributed by atoms with Gasteiger partial charge in [0.1, 0.15) is 0 Å². The summed E-state index contributed by atoms with van der Waals surface area (Å²) in [5, 5.41) is 13.2. The number of nitrogens with one attached hydrogen (secondary N) is 1. The standard InChI is InChI=1S/C8H15NO/c1-7(3-2-6-9-7)8(10)4-5-8/h9-10H,2-6H2,1H3/t7-/m1/s1. The molecule has 0 aromatic rings. The van der Waals surface area contributed by atoms with Gasteiger partial charge in [-0.05, 0) is 39.2 Å². The zero-order valence-electron chi connectivity index (χ0n) is 6.48. The van der Waals surface area contributed by atoms with Gasteiger partial charge in [-0.1, -0.05) is 0 Å². The molecule has 0 amide bonds. The summed E-state index contributed by atoms with van der Waals surface area (Å²) in [6.07, 6.45) is 4.36. The molecule has 1 saturated heterocycles. The van der Waals surface area contributed by atoms with Crippen LogP contribution in [-0.4, -0.2) is 22.8 Å². The van der Waals surface area contributed by atoms with E-state index in [9.17, 15) is 5.11 Å². The van der Waals surface area contributed by atoms with Crippen LogP contribution in [0.25, 0.3) is 0 Å². The lowest BCUT2D eigenvalue weighted by molar-refractivity contribution is 0.0567. The molecule has 2 rings (SSSR count). The molecule has 0 bridgehead atoms. The Morgan fingerprint density at radius 2 is 2.00 bits per heavy atom. The lowest BCUT2D eigenvalue weighted by Crippen LogP contribution is -2.49. The fourth-order valence-electron chi connectivity index (χ4n) is 1.96. The average Bonchev–Trinajstić information content (AvgIpc) is 2.46. The van der Waals surface area contributed by atoms with E-state index in [0.717, 1.165) is 25.8 Å². The molecule has 10 heavy (non-hydrogen) atoms. The maximum absolute atomic E-state index is 9.83. The highest BCUT2D eigenvalue weighted by Crippen LogP contribution is 2.47. The fourth-order valence-corrected chi connectivity index (χ4v) is 1.96. The van der Waals surface area contributed by atoms with Gasteiger partial charge in [-0.15, -0.1) is 0 Å². The Bertz CT molecular complexity index is 145. The van der Waals surface area contributed by atoms with E-state index < -0.39 is 0 Å². The quantitative estimate of drug-likeness (QED) is 0.562. The Hall–Kier alpha value is -0.0800. The number of rotatable bonds is 1. The van der Waals surface area contributed by atoms with Crippen LogP contribution in [0.5, 0.6) is 0 Å². The van der Waals surface area contributed by atoms with E-state index in [0.29, 0.717) is 0 Å². The highest BCUT2D eigenvalue weighted by atomic mass is 16.3. The van der Waals surface area contributed by atoms with Crippen molar-refractivity contribution in [3.8, 4) is 0 Å². The van der Waals surface area contributed by atoms with Crippen molar-refractivity contribution < 1.29 is 5.11 Å². The van der Waals surface area contributed by atoms with E-state index in [4.69, 9.17) is 0 Å². The molecule has 2 nitrogen and oxygen atoms in total. The van der Waals surface area contributed by atoms with Crippen molar-refractivity contribution in [2.75, 3.05) is 6.54 Å². The van der Waals surface area contributed by atoms with Crippen LogP contribution in [0.3, 0.4) is 0 Å². The molecule has 2 N–H and O–H groups in total. The van der Waals surface area contributed by atoms with Gasteiger partial charge in [0.05, 0.1) is 5.60 Å². The highest BCUT2D eigenvalue weighted by molar-refractivity contribution is 5.13. The molecule has 0 radical (unpaired) electrons. The third kappa shape index (κ3) is 0.722. The molecule has 0 aromatic carbocycles. The molecule has 2 fully saturated rings. The first kappa shape index (κ1) is 6.62. The van der Waals surface area contributed by atoms with Crippen LogP contribution in [0.15, 0.2) is 0 Å². The molecule has 58 valence electrons. The molecule has 1 aliphatic heterocycles. The molecule has 0 spiro atoms. The van der Waals surface area contributed by atoms with Gasteiger partial charge in [-0.2, -0.15) is 0 Å². The predicted octanol–water partition coefficient (Wildman–Crippen LogP) is 0.653. The van der Waals surface area contributed by atoms with E-state index in [2.05, 4.69) is 12.2 Å². The van der Waals surface area contributed by atoms with Gasteiger partial charge < -0.3 is 10.4 Å². The third-order valence-electron chi connectivity index (χ3n) is 3.12. The van der Waals surface area contributed by atoms with Gasteiger partial charge in [-0.3, -0.25) is 0 Å². The largest absolute Gasteiger partial charge is 0.388 e. The first-order valence-electron chi connectivity index (χ1n) is 4.14.